The highest BCUT2D eigenvalue weighted by molar-refractivity contribution is 6.16. The molecular formula is C25H33N7O. The van der Waals surface area contributed by atoms with Gasteiger partial charge in [0.15, 0.2) is 5.58 Å². The van der Waals surface area contributed by atoms with E-state index in [9.17, 15) is 0 Å². The van der Waals surface area contributed by atoms with Gasteiger partial charge in [0, 0.05) is 68.8 Å². The number of dihydropyridines is 1. The third kappa shape index (κ3) is 4.72. The smallest absolute Gasteiger partial charge is 0.292 e. The lowest BCUT2D eigenvalue weighted by atomic mass is 10.0. The summed E-state index contributed by atoms with van der Waals surface area (Å²) in [6.07, 6.45) is 6.03. The molecule has 2 saturated heterocycles. The van der Waals surface area contributed by atoms with Gasteiger partial charge in [-0.2, -0.15) is 4.98 Å². The second-order valence-electron chi connectivity index (χ2n) is 9.38. The van der Waals surface area contributed by atoms with E-state index in [2.05, 4.69) is 45.4 Å². The first-order valence-corrected chi connectivity index (χ1v) is 11.8. The van der Waals surface area contributed by atoms with E-state index in [0.717, 1.165) is 35.6 Å². The van der Waals surface area contributed by atoms with Crippen LogP contribution in [0.2, 0.25) is 0 Å². The Morgan fingerprint density at radius 3 is 2.67 bits per heavy atom. The van der Waals surface area contributed by atoms with Gasteiger partial charge in [-0.1, -0.05) is 0 Å². The minimum Gasteiger partial charge on any atom is -0.424 e. The molecule has 0 aliphatic carbocycles. The first-order valence-electron chi connectivity index (χ1n) is 11.8. The van der Waals surface area contributed by atoms with Crippen LogP contribution in [-0.4, -0.2) is 89.0 Å². The average molecular weight is 448 g/mol. The van der Waals surface area contributed by atoms with Crippen molar-refractivity contribution in [2.24, 2.45) is 9.98 Å². The minimum atomic E-state index is 0.182. The zero-order valence-electron chi connectivity index (χ0n) is 19.7. The van der Waals surface area contributed by atoms with Crippen LogP contribution in [0.25, 0.3) is 11.1 Å². The maximum absolute atomic E-state index is 5.64. The molecule has 1 aromatic heterocycles. The molecular weight excluding hydrogens is 414 g/mol. The van der Waals surface area contributed by atoms with Crippen LogP contribution >= 0.6 is 0 Å². The number of nitrogen functional groups attached to an aromatic ring is 1. The highest BCUT2D eigenvalue weighted by Crippen LogP contribution is 2.22. The molecule has 4 heterocycles. The van der Waals surface area contributed by atoms with Crippen LogP contribution < -0.4 is 5.73 Å². The number of oxazole rings is 1. The number of allylic oxidation sites excluding steroid dienone is 2. The number of fused-ring (bicyclic) bond motifs is 1. The van der Waals surface area contributed by atoms with Gasteiger partial charge in [0.05, 0.1) is 18.0 Å². The van der Waals surface area contributed by atoms with Gasteiger partial charge in [0.1, 0.15) is 5.52 Å². The fraction of sp³-hybridized carbons (Fsp3) is 0.480. The van der Waals surface area contributed by atoms with E-state index < -0.39 is 0 Å². The molecule has 1 aromatic carbocycles. The van der Waals surface area contributed by atoms with Crippen molar-refractivity contribution >= 4 is 28.5 Å². The fourth-order valence-electron chi connectivity index (χ4n) is 4.67. The van der Waals surface area contributed by atoms with Crippen LogP contribution in [-0.2, 0) is 0 Å². The Kier molecular flexibility index (Phi) is 6.03. The number of hydrogen-bond donors (Lipinski definition) is 1. The Hall–Kier alpha value is -2.97. The molecule has 3 aliphatic heterocycles. The second-order valence-corrected chi connectivity index (χ2v) is 9.38. The van der Waals surface area contributed by atoms with E-state index in [1.54, 1.807) is 0 Å². The Balaban J connectivity index is 1.13. The highest BCUT2D eigenvalue weighted by Gasteiger charge is 2.33. The molecule has 8 nitrogen and oxygen atoms in total. The van der Waals surface area contributed by atoms with Gasteiger partial charge in [0.25, 0.3) is 6.01 Å². The third-order valence-corrected chi connectivity index (χ3v) is 6.92. The maximum atomic E-state index is 5.64. The van der Waals surface area contributed by atoms with E-state index >= 15 is 0 Å². The summed E-state index contributed by atoms with van der Waals surface area (Å²) >= 11 is 0. The van der Waals surface area contributed by atoms with Gasteiger partial charge in [-0.25, -0.2) is 0 Å². The quantitative estimate of drug-likeness (QED) is 0.759. The summed E-state index contributed by atoms with van der Waals surface area (Å²) in [6, 6.07) is 7.32. The second kappa shape index (κ2) is 9.11. The van der Waals surface area contributed by atoms with Gasteiger partial charge in [-0.05, 0) is 51.1 Å². The van der Waals surface area contributed by atoms with Crippen LogP contribution in [0.15, 0.2) is 56.7 Å². The number of aromatic nitrogens is 1. The molecule has 0 unspecified atom stereocenters. The number of nitrogens with zero attached hydrogens (tertiary/aromatic N) is 6. The third-order valence-electron chi connectivity index (χ3n) is 6.92. The Bertz CT molecular complexity index is 1130. The van der Waals surface area contributed by atoms with Crippen molar-refractivity contribution < 1.29 is 4.42 Å². The lowest BCUT2D eigenvalue weighted by molar-refractivity contribution is 0.0143. The Morgan fingerprint density at radius 1 is 1.18 bits per heavy atom. The average Bonchev–Trinajstić information content (AvgIpc) is 3.16. The molecule has 3 aliphatic rings. The van der Waals surface area contributed by atoms with Crippen LogP contribution in [0.1, 0.15) is 26.3 Å². The van der Waals surface area contributed by atoms with E-state index in [4.69, 9.17) is 15.1 Å². The van der Waals surface area contributed by atoms with Crippen molar-refractivity contribution in [3.8, 4) is 0 Å². The predicted octanol–water partition coefficient (Wildman–Crippen LogP) is 2.78. The van der Waals surface area contributed by atoms with Gasteiger partial charge >= 0.3 is 0 Å². The molecule has 174 valence electrons. The molecule has 33 heavy (non-hydrogen) atoms. The Morgan fingerprint density at radius 2 is 1.97 bits per heavy atom. The van der Waals surface area contributed by atoms with E-state index in [1.165, 1.54) is 31.9 Å². The number of hydrogen-bond acceptors (Lipinski definition) is 8. The first kappa shape index (κ1) is 21.9. The lowest BCUT2D eigenvalue weighted by Crippen LogP contribution is -2.62. The molecule has 0 spiro atoms. The van der Waals surface area contributed by atoms with E-state index in [-0.39, 0.29) is 6.01 Å². The van der Waals surface area contributed by atoms with Crippen molar-refractivity contribution in [2.75, 3.05) is 51.5 Å². The monoisotopic (exact) mass is 447 g/mol. The fourth-order valence-corrected chi connectivity index (χ4v) is 4.67. The molecule has 5 rings (SSSR count). The number of rotatable bonds is 5. The summed E-state index contributed by atoms with van der Waals surface area (Å²) in [5.74, 6) is 0. The summed E-state index contributed by atoms with van der Waals surface area (Å²) in [4.78, 5) is 21.2. The van der Waals surface area contributed by atoms with E-state index in [1.807, 2.05) is 36.6 Å². The van der Waals surface area contributed by atoms with Crippen molar-refractivity contribution in [3.05, 3.63) is 47.8 Å². The summed E-state index contributed by atoms with van der Waals surface area (Å²) in [6.45, 7) is 14.2. The standard InChI is InChI=1S/C25H33N7O/c1-17(2)30-8-10-31(11-9-30)21-15-32(16-21)18(3)13-27-20-5-6-22(28-14-20)19-4-7-24-23(12-19)29-25(26)33-24/h4-7,12-13,17,21H,8-11,14-16H2,1-3H3,(H2,26,29)/b18-13+,27-20-. The molecule has 0 saturated carbocycles. The lowest BCUT2D eigenvalue weighted by Gasteiger charge is -2.49. The molecule has 2 N–H and O–H groups in total. The van der Waals surface area contributed by atoms with Crippen molar-refractivity contribution in [2.45, 2.75) is 32.9 Å². The highest BCUT2D eigenvalue weighted by atomic mass is 16.4. The summed E-state index contributed by atoms with van der Waals surface area (Å²) < 4.78 is 5.34. The van der Waals surface area contributed by atoms with Gasteiger partial charge in [0.2, 0.25) is 0 Å². The van der Waals surface area contributed by atoms with Gasteiger partial charge < -0.3 is 15.1 Å². The number of benzene rings is 1. The number of aliphatic imine (C=N–C) groups is 2. The summed E-state index contributed by atoms with van der Waals surface area (Å²) in [5, 5.41) is 0. The zero-order valence-corrected chi connectivity index (χ0v) is 19.7. The predicted molar refractivity (Wildman–Crippen MR) is 134 cm³/mol. The maximum Gasteiger partial charge on any atom is 0.292 e. The van der Waals surface area contributed by atoms with Crippen molar-refractivity contribution in [1.29, 1.82) is 0 Å². The molecule has 2 fully saturated rings. The molecule has 8 heteroatoms. The normalized spacial score (nSPS) is 22.4. The zero-order chi connectivity index (χ0) is 22.9. The van der Waals surface area contributed by atoms with E-state index in [0.29, 0.717) is 24.2 Å². The molecule has 0 bridgehead atoms. The van der Waals surface area contributed by atoms with Crippen LogP contribution in [0.4, 0.5) is 6.01 Å². The largest absolute Gasteiger partial charge is 0.424 e. The number of anilines is 1. The Labute approximate surface area is 195 Å². The van der Waals surface area contributed by atoms with Crippen LogP contribution in [0.3, 0.4) is 0 Å². The number of piperazine rings is 1. The molecule has 2 aromatic rings. The van der Waals surface area contributed by atoms with Crippen LogP contribution in [0.5, 0.6) is 0 Å². The molecule has 0 amide bonds. The minimum absolute atomic E-state index is 0.182. The van der Waals surface area contributed by atoms with Gasteiger partial charge in [-0.3, -0.25) is 19.8 Å². The van der Waals surface area contributed by atoms with Crippen molar-refractivity contribution in [1.82, 2.24) is 19.7 Å². The summed E-state index contributed by atoms with van der Waals surface area (Å²) in [5.41, 5.74) is 11.2. The molecule has 0 atom stereocenters. The molecule has 0 radical (unpaired) electrons. The SMILES string of the molecule is C/C(=C\N=C1\C=CC(c2ccc3oc(N)nc3c2)=NC1)N1CC(N2CCN(C(C)C)CC2)C1. The summed E-state index contributed by atoms with van der Waals surface area (Å²) in [7, 11) is 0. The first-order chi connectivity index (χ1) is 16.0. The van der Waals surface area contributed by atoms with Gasteiger partial charge in [-0.15, -0.1) is 0 Å². The topological polar surface area (TPSA) is 86.5 Å². The number of likely N-dealkylation sites (tertiary alicyclic amines) is 1. The number of nitrogens with two attached hydrogens (primary N) is 1. The van der Waals surface area contributed by atoms with Crippen molar-refractivity contribution in [3.63, 3.8) is 0 Å². The van der Waals surface area contributed by atoms with Crippen LogP contribution in [0, 0.1) is 0 Å².